The molecule has 1 heterocycles. The number of pyridine rings is 1. The number of aryl methyl sites for hydroxylation is 1. The summed E-state index contributed by atoms with van der Waals surface area (Å²) in [7, 11) is -5.82. The molecule has 0 radical (unpaired) electrons. The van der Waals surface area contributed by atoms with Crippen LogP contribution in [-0.4, -0.2) is 28.9 Å². The molecule has 0 fully saturated rings. The van der Waals surface area contributed by atoms with E-state index in [1.165, 1.54) is 7.05 Å². The van der Waals surface area contributed by atoms with E-state index in [9.17, 15) is 16.8 Å². The topological polar surface area (TPSA) is 105 Å². The van der Waals surface area contributed by atoms with Gasteiger partial charge in [-0.1, -0.05) is 30.3 Å². The third kappa shape index (κ3) is 4.56. The molecule has 148 valence electrons. The molecule has 0 unspecified atom stereocenters. The number of rotatable bonds is 7. The fourth-order valence-corrected chi connectivity index (χ4v) is 4.88. The maximum atomic E-state index is 12.8. The van der Waals surface area contributed by atoms with Crippen LogP contribution in [0, 0.1) is 6.92 Å². The molecule has 0 aliphatic heterocycles. The van der Waals surface area contributed by atoms with Gasteiger partial charge in [-0.05, 0) is 48.9 Å². The molecule has 0 atom stereocenters. The van der Waals surface area contributed by atoms with Crippen LogP contribution in [0.15, 0.2) is 59.6 Å². The highest BCUT2D eigenvalue weighted by Gasteiger charge is 2.18. The smallest absolute Gasteiger partial charge is 0.241 e. The van der Waals surface area contributed by atoms with Crippen molar-refractivity contribution in [2.75, 3.05) is 7.05 Å². The second-order valence-electron chi connectivity index (χ2n) is 6.39. The molecule has 7 nitrogen and oxygen atoms in total. The van der Waals surface area contributed by atoms with Crippen LogP contribution in [0.25, 0.3) is 10.9 Å². The summed E-state index contributed by atoms with van der Waals surface area (Å²) in [5.74, 6) is -0.168. The van der Waals surface area contributed by atoms with Crippen LogP contribution >= 0.6 is 0 Å². The maximum absolute atomic E-state index is 12.8. The SMILES string of the molecule is CNS(=O)(=O)Cc1cccc(CNS(=O)(=O)c2ccc(C)c3ncccc23)c1. The largest absolute Gasteiger partial charge is 0.256 e. The number of sulfonamides is 2. The lowest BCUT2D eigenvalue weighted by molar-refractivity contribution is 0.581. The van der Waals surface area contributed by atoms with Gasteiger partial charge < -0.3 is 0 Å². The number of aromatic nitrogens is 1. The third-order valence-corrected chi connectivity index (χ3v) is 7.14. The maximum Gasteiger partial charge on any atom is 0.241 e. The zero-order valence-electron chi connectivity index (χ0n) is 15.5. The van der Waals surface area contributed by atoms with Gasteiger partial charge in [-0.25, -0.2) is 26.3 Å². The molecule has 0 aliphatic carbocycles. The molecule has 1 aromatic heterocycles. The van der Waals surface area contributed by atoms with Crippen LogP contribution in [-0.2, 0) is 32.3 Å². The highest BCUT2D eigenvalue weighted by molar-refractivity contribution is 7.89. The van der Waals surface area contributed by atoms with Crippen molar-refractivity contribution < 1.29 is 16.8 Å². The fourth-order valence-electron chi connectivity index (χ4n) is 2.90. The summed E-state index contributed by atoms with van der Waals surface area (Å²) >= 11 is 0. The standard InChI is InChI=1S/C19H21N3O4S2/c1-14-8-9-18(17-7-4-10-21-19(14)17)28(25,26)22-12-15-5-3-6-16(11-15)13-27(23,24)20-2/h3-11,20,22H,12-13H2,1-2H3. The summed E-state index contributed by atoms with van der Waals surface area (Å²) in [5.41, 5.74) is 2.79. The average molecular weight is 420 g/mol. The van der Waals surface area contributed by atoms with Gasteiger partial charge >= 0.3 is 0 Å². The van der Waals surface area contributed by atoms with Crippen LogP contribution < -0.4 is 9.44 Å². The zero-order valence-corrected chi connectivity index (χ0v) is 17.1. The lowest BCUT2D eigenvalue weighted by atomic mass is 10.1. The number of fused-ring (bicyclic) bond motifs is 1. The molecule has 0 saturated carbocycles. The minimum Gasteiger partial charge on any atom is -0.256 e. The van der Waals surface area contributed by atoms with E-state index in [4.69, 9.17) is 0 Å². The predicted molar refractivity (Wildman–Crippen MR) is 109 cm³/mol. The minimum absolute atomic E-state index is 0.0470. The highest BCUT2D eigenvalue weighted by atomic mass is 32.2. The van der Waals surface area contributed by atoms with Crippen LogP contribution in [0.3, 0.4) is 0 Å². The van der Waals surface area contributed by atoms with E-state index in [0.717, 1.165) is 5.56 Å². The van der Waals surface area contributed by atoms with E-state index in [-0.39, 0.29) is 17.2 Å². The predicted octanol–water partition coefficient (Wildman–Crippen LogP) is 2.07. The van der Waals surface area contributed by atoms with Gasteiger partial charge in [-0.15, -0.1) is 0 Å². The molecular weight excluding hydrogens is 398 g/mol. The number of hydrogen-bond donors (Lipinski definition) is 2. The van der Waals surface area contributed by atoms with E-state index in [1.807, 2.05) is 6.92 Å². The van der Waals surface area contributed by atoms with Crippen LogP contribution in [0.4, 0.5) is 0 Å². The molecule has 3 rings (SSSR count). The molecular formula is C19H21N3O4S2. The second-order valence-corrected chi connectivity index (χ2v) is 10.0. The first kappa shape index (κ1) is 20.4. The van der Waals surface area contributed by atoms with E-state index < -0.39 is 20.0 Å². The molecule has 0 bridgehead atoms. The third-order valence-electron chi connectivity index (χ3n) is 4.35. The highest BCUT2D eigenvalue weighted by Crippen LogP contribution is 2.24. The number of benzene rings is 2. The minimum atomic E-state index is -3.78. The fraction of sp³-hybridized carbons (Fsp3) is 0.211. The van der Waals surface area contributed by atoms with Crippen molar-refractivity contribution >= 4 is 30.9 Å². The normalized spacial score (nSPS) is 12.4. The summed E-state index contributed by atoms with van der Waals surface area (Å²) in [5, 5.41) is 0.559. The molecule has 2 aromatic carbocycles. The summed E-state index contributed by atoms with van der Waals surface area (Å²) in [6, 6.07) is 13.5. The molecule has 0 spiro atoms. The lowest BCUT2D eigenvalue weighted by Crippen LogP contribution is -2.24. The molecule has 3 aromatic rings. The Kier molecular flexibility index (Phi) is 5.80. The Balaban J connectivity index is 1.84. The van der Waals surface area contributed by atoms with Gasteiger partial charge in [-0.3, -0.25) is 4.98 Å². The Labute approximate surface area is 164 Å². The summed E-state index contributed by atoms with van der Waals surface area (Å²) in [6.45, 7) is 1.93. The summed E-state index contributed by atoms with van der Waals surface area (Å²) < 4.78 is 54.0. The molecule has 9 heteroatoms. The monoisotopic (exact) mass is 419 g/mol. The van der Waals surface area contributed by atoms with Crippen molar-refractivity contribution in [1.29, 1.82) is 0 Å². The zero-order chi connectivity index (χ0) is 20.4. The van der Waals surface area contributed by atoms with Gasteiger partial charge in [0.15, 0.2) is 0 Å². The molecule has 28 heavy (non-hydrogen) atoms. The average Bonchev–Trinajstić information content (AvgIpc) is 2.67. The Morgan fingerprint density at radius 2 is 1.71 bits per heavy atom. The quantitative estimate of drug-likeness (QED) is 0.610. The Morgan fingerprint density at radius 3 is 2.46 bits per heavy atom. The summed E-state index contributed by atoms with van der Waals surface area (Å²) in [4.78, 5) is 4.43. The van der Waals surface area contributed by atoms with Crippen molar-refractivity contribution in [1.82, 2.24) is 14.4 Å². The van der Waals surface area contributed by atoms with Gasteiger partial charge in [0.2, 0.25) is 20.0 Å². The van der Waals surface area contributed by atoms with Crippen molar-refractivity contribution in [3.8, 4) is 0 Å². The number of nitrogens with zero attached hydrogens (tertiary/aromatic N) is 1. The number of nitrogens with one attached hydrogen (secondary N) is 2. The lowest BCUT2D eigenvalue weighted by Gasteiger charge is -2.11. The van der Waals surface area contributed by atoms with E-state index >= 15 is 0 Å². The van der Waals surface area contributed by atoms with Crippen LogP contribution in [0.1, 0.15) is 16.7 Å². The molecule has 0 saturated heterocycles. The van der Waals surface area contributed by atoms with Gasteiger partial charge in [0.25, 0.3) is 0 Å². The Morgan fingerprint density at radius 1 is 0.964 bits per heavy atom. The van der Waals surface area contributed by atoms with Crippen LogP contribution in [0.5, 0.6) is 0 Å². The van der Waals surface area contributed by atoms with E-state index in [2.05, 4.69) is 14.4 Å². The van der Waals surface area contributed by atoms with E-state index in [0.29, 0.717) is 22.0 Å². The van der Waals surface area contributed by atoms with Crippen molar-refractivity contribution in [3.05, 3.63) is 71.4 Å². The summed E-state index contributed by atoms with van der Waals surface area (Å²) in [6.07, 6.45) is 1.63. The molecule has 2 N–H and O–H groups in total. The van der Waals surface area contributed by atoms with Crippen LogP contribution in [0.2, 0.25) is 0 Å². The van der Waals surface area contributed by atoms with Gasteiger partial charge in [0, 0.05) is 18.1 Å². The first-order valence-corrected chi connectivity index (χ1v) is 11.7. The second kappa shape index (κ2) is 7.96. The van der Waals surface area contributed by atoms with Gasteiger partial charge in [-0.2, -0.15) is 0 Å². The Bertz CT molecular complexity index is 1220. The van der Waals surface area contributed by atoms with Crippen molar-refractivity contribution in [2.24, 2.45) is 0 Å². The first-order chi connectivity index (χ1) is 13.2. The first-order valence-electron chi connectivity index (χ1n) is 8.55. The van der Waals surface area contributed by atoms with Crippen molar-refractivity contribution in [3.63, 3.8) is 0 Å². The Hall–Kier alpha value is -2.33. The van der Waals surface area contributed by atoms with Gasteiger partial charge in [0.05, 0.1) is 16.2 Å². The van der Waals surface area contributed by atoms with E-state index in [1.54, 1.807) is 54.7 Å². The van der Waals surface area contributed by atoms with Crippen molar-refractivity contribution in [2.45, 2.75) is 24.1 Å². The molecule has 0 amide bonds. The van der Waals surface area contributed by atoms with Gasteiger partial charge in [0.1, 0.15) is 0 Å². The molecule has 0 aliphatic rings. The number of hydrogen-bond acceptors (Lipinski definition) is 5.